The van der Waals surface area contributed by atoms with Crippen molar-refractivity contribution in [3.8, 4) is 11.5 Å². The number of hydrogen-bond acceptors (Lipinski definition) is 6. The first-order valence-corrected chi connectivity index (χ1v) is 8.48. The summed E-state index contributed by atoms with van der Waals surface area (Å²) in [6.07, 6.45) is 4.46. The van der Waals surface area contributed by atoms with Crippen LogP contribution in [0.25, 0.3) is 0 Å². The molecule has 8 nitrogen and oxygen atoms in total. The number of carbonyl (C=O) groups is 1. The molecule has 1 aromatic carbocycles. The summed E-state index contributed by atoms with van der Waals surface area (Å²) in [4.78, 5) is 14.5. The molecule has 0 aliphatic carbocycles. The Kier molecular flexibility index (Phi) is 4.03. The number of ether oxygens (including phenoxy) is 2. The summed E-state index contributed by atoms with van der Waals surface area (Å²) in [5.74, 6) is 1.67. The number of amides is 1. The predicted octanol–water partition coefficient (Wildman–Crippen LogP) is 1.27. The zero-order chi connectivity index (χ0) is 17.3. The summed E-state index contributed by atoms with van der Waals surface area (Å²) in [6, 6.07) is 6.10. The van der Waals surface area contributed by atoms with Crippen LogP contribution in [0.5, 0.6) is 11.5 Å². The topological polar surface area (TPSA) is 82.4 Å². The number of rotatable bonds is 4. The zero-order valence-corrected chi connectivity index (χ0v) is 14.2. The third kappa shape index (κ3) is 3.42. The first kappa shape index (κ1) is 15.9. The monoisotopic (exact) mass is 343 g/mol. The van der Waals surface area contributed by atoms with Crippen LogP contribution < -0.4 is 9.47 Å². The normalized spacial score (nSPS) is 22.2. The van der Waals surface area contributed by atoms with E-state index in [9.17, 15) is 4.79 Å². The minimum absolute atomic E-state index is 0.0439. The van der Waals surface area contributed by atoms with Gasteiger partial charge < -0.3 is 14.4 Å². The molecule has 4 rings (SSSR count). The number of aromatic nitrogens is 4. The van der Waals surface area contributed by atoms with Crippen molar-refractivity contribution in [1.29, 1.82) is 0 Å². The van der Waals surface area contributed by atoms with Crippen molar-refractivity contribution in [3.63, 3.8) is 0 Å². The van der Waals surface area contributed by atoms with Gasteiger partial charge >= 0.3 is 0 Å². The molecule has 1 fully saturated rings. The first-order chi connectivity index (χ1) is 12.1. The number of benzene rings is 1. The van der Waals surface area contributed by atoms with Crippen LogP contribution in [0.3, 0.4) is 0 Å². The number of fused-ring (bicyclic) bond motifs is 1. The molecule has 8 heteroatoms. The smallest absolute Gasteiger partial charge is 0.244 e. The Balaban J connectivity index is 1.43. The van der Waals surface area contributed by atoms with E-state index in [-0.39, 0.29) is 24.7 Å². The Bertz CT molecular complexity index is 764. The molecule has 2 aliphatic heterocycles. The van der Waals surface area contributed by atoms with Crippen molar-refractivity contribution in [3.05, 3.63) is 30.1 Å². The van der Waals surface area contributed by atoms with Crippen molar-refractivity contribution < 1.29 is 14.3 Å². The summed E-state index contributed by atoms with van der Waals surface area (Å²) in [7, 11) is 0. The molecule has 1 atom stereocenters. The second-order valence-electron chi connectivity index (χ2n) is 7.10. The van der Waals surface area contributed by atoms with E-state index in [0.717, 1.165) is 43.9 Å². The van der Waals surface area contributed by atoms with Crippen LogP contribution in [0.15, 0.2) is 24.5 Å². The Morgan fingerprint density at radius 2 is 2.20 bits per heavy atom. The lowest BCUT2D eigenvalue weighted by molar-refractivity contribution is -0.135. The lowest BCUT2D eigenvalue weighted by Crippen LogP contribution is -2.46. The van der Waals surface area contributed by atoms with Gasteiger partial charge in [-0.2, -0.15) is 0 Å². The van der Waals surface area contributed by atoms with E-state index in [4.69, 9.17) is 9.47 Å². The molecular weight excluding hydrogens is 322 g/mol. The highest BCUT2D eigenvalue weighted by Crippen LogP contribution is 2.37. The van der Waals surface area contributed by atoms with Gasteiger partial charge in [0.2, 0.25) is 12.7 Å². The maximum Gasteiger partial charge on any atom is 0.244 e. The molecule has 2 aliphatic rings. The van der Waals surface area contributed by atoms with E-state index < -0.39 is 0 Å². The van der Waals surface area contributed by atoms with Crippen molar-refractivity contribution in [2.45, 2.75) is 32.7 Å². The zero-order valence-electron chi connectivity index (χ0n) is 14.2. The molecule has 1 amide bonds. The minimum atomic E-state index is 0.0439. The van der Waals surface area contributed by atoms with Gasteiger partial charge in [-0.25, -0.2) is 4.68 Å². The molecule has 0 saturated carbocycles. The second-order valence-corrected chi connectivity index (χ2v) is 7.10. The van der Waals surface area contributed by atoms with Gasteiger partial charge in [-0.3, -0.25) is 4.79 Å². The fourth-order valence-corrected chi connectivity index (χ4v) is 3.71. The Hall–Kier alpha value is -2.64. The van der Waals surface area contributed by atoms with Crippen molar-refractivity contribution in [2.75, 3.05) is 19.9 Å². The van der Waals surface area contributed by atoms with E-state index in [1.807, 2.05) is 11.0 Å². The SMILES string of the molecule is C[C@@]1(Cc2ccc3c(c2)OCO3)CCCN(C(=O)Cn2cnnn2)C1. The number of nitrogens with zero attached hydrogens (tertiary/aromatic N) is 5. The van der Waals surface area contributed by atoms with E-state index >= 15 is 0 Å². The summed E-state index contributed by atoms with van der Waals surface area (Å²) in [5, 5.41) is 10.9. The standard InChI is InChI=1S/C17H21N5O3/c1-17(8-13-3-4-14-15(7-13)25-12-24-14)5-2-6-21(10-17)16(23)9-22-11-18-19-20-22/h3-4,7,11H,2,5-6,8-10,12H2,1H3/t17-/m0/s1. The summed E-state index contributed by atoms with van der Waals surface area (Å²) in [5.41, 5.74) is 1.25. The maximum absolute atomic E-state index is 12.5. The fourth-order valence-electron chi connectivity index (χ4n) is 3.71. The molecule has 25 heavy (non-hydrogen) atoms. The quantitative estimate of drug-likeness (QED) is 0.831. The average molecular weight is 343 g/mol. The highest BCUT2D eigenvalue weighted by molar-refractivity contribution is 5.76. The third-order valence-corrected chi connectivity index (χ3v) is 4.89. The number of hydrogen-bond donors (Lipinski definition) is 0. The largest absolute Gasteiger partial charge is 0.454 e. The lowest BCUT2D eigenvalue weighted by Gasteiger charge is -2.40. The van der Waals surface area contributed by atoms with Crippen LogP contribution in [0.1, 0.15) is 25.3 Å². The summed E-state index contributed by atoms with van der Waals surface area (Å²) >= 11 is 0. The predicted molar refractivity (Wildman–Crippen MR) is 88.0 cm³/mol. The molecule has 0 N–H and O–H groups in total. The number of carbonyl (C=O) groups excluding carboxylic acids is 1. The van der Waals surface area contributed by atoms with Crippen LogP contribution in [0.4, 0.5) is 0 Å². The molecule has 0 bridgehead atoms. The summed E-state index contributed by atoms with van der Waals surface area (Å²) in [6.45, 7) is 4.25. The number of likely N-dealkylation sites (tertiary alicyclic amines) is 1. The fraction of sp³-hybridized carbons (Fsp3) is 0.529. The van der Waals surface area contributed by atoms with Gasteiger partial charge in [0.05, 0.1) is 0 Å². The van der Waals surface area contributed by atoms with E-state index in [1.54, 1.807) is 0 Å². The molecule has 2 aromatic rings. The molecule has 1 saturated heterocycles. The molecule has 0 radical (unpaired) electrons. The highest BCUT2D eigenvalue weighted by atomic mass is 16.7. The van der Waals surface area contributed by atoms with Crippen LogP contribution in [-0.4, -0.2) is 50.9 Å². The van der Waals surface area contributed by atoms with Gasteiger partial charge in [0, 0.05) is 13.1 Å². The van der Waals surface area contributed by atoms with E-state index in [1.165, 1.54) is 16.6 Å². The van der Waals surface area contributed by atoms with Crippen LogP contribution >= 0.6 is 0 Å². The Morgan fingerprint density at radius 1 is 1.32 bits per heavy atom. The maximum atomic E-state index is 12.5. The van der Waals surface area contributed by atoms with Crippen molar-refractivity contribution in [1.82, 2.24) is 25.1 Å². The van der Waals surface area contributed by atoms with Crippen LogP contribution in [-0.2, 0) is 17.8 Å². The molecule has 1 aromatic heterocycles. The van der Waals surface area contributed by atoms with Gasteiger partial charge in [0.15, 0.2) is 11.5 Å². The van der Waals surface area contributed by atoms with Crippen molar-refractivity contribution in [2.24, 2.45) is 5.41 Å². The van der Waals surface area contributed by atoms with Gasteiger partial charge in [0.25, 0.3) is 0 Å². The molecular formula is C17H21N5O3. The lowest BCUT2D eigenvalue weighted by atomic mass is 9.77. The first-order valence-electron chi connectivity index (χ1n) is 8.48. The molecule has 3 heterocycles. The van der Waals surface area contributed by atoms with E-state index in [2.05, 4.69) is 34.6 Å². The van der Waals surface area contributed by atoms with Crippen molar-refractivity contribution >= 4 is 5.91 Å². The summed E-state index contributed by atoms with van der Waals surface area (Å²) < 4.78 is 12.3. The van der Waals surface area contributed by atoms with Crippen LogP contribution in [0.2, 0.25) is 0 Å². The van der Waals surface area contributed by atoms with Gasteiger partial charge in [0.1, 0.15) is 12.9 Å². The molecule has 0 spiro atoms. The third-order valence-electron chi connectivity index (χ3n) is 4.89. The Labute approximate surface area is 145 Å². The van der Waals surface area contributed by atoms with E-state index in [0.29, 0.717) is 0 Å². The number of tetrazole rings is 1. The molecule has 132 valence electrons. The van der Waals surface area contributed by atoms with Gasteiger partial charge in [-0.1, -0.05) is 13.0 Å². The van der Waals surface area contributed by atoms with Crippen LogP contribution in [0, 0.1) is 5.41 Å². The van der Waals surface area contributed by atoms with Gasteiger partial charge in [-0.05, 0) is 52.8 Å². The Morgan fingerprint density at radius 3 is 3.04 bits per heavy atom. The van der Waals surface area contributed by atoms with Gasteiger partial charge in [-0.15, -0.1) is 5.10 Å². The average Bonchev–Trinajstić information content (AvgIpc) is 3.25. The number of piperidine rings is 1. The minimum Gasteiger partial charge on any atom is -0.454 e. The second kappa shape index (κ2) is 6.34. The molecule has 0 unspecified atom stereocenters. The highest BCUT2D eigenvalue weighted by Gasteiger charge is 2.33.